The number of carbonyl (C=O) groups excluding carboxylic acids is 2. The molecule has 2 amide bonds. The number of amides is 2. The van der Waals surface area contributed by atoms with Crippen LogP contribution in [0.3, 0.4) is 0 Å². The van der Waals surface area contributed by atoms with Crippen molar-refractivity contribution in [2.75, 3.05) is 27.2 Å². The van der Waals surface area contributed by atoms with Gasteiger partial charge in [0.2, 0.25) is 5.91 Å². The molecular weight excluding hydrogens is 484 g/mol. The molecule has 4 aliphatic rings. The quantitative estimate of drug-likeness (QED) is 0.207. The molecule has 0 aliphatic heterocycles. The summed E-state index contributed by atoms with van der Waals surface area (Å²) in [7, 11) is 3.57. The van der Waals surface area contributed by atoms with Crippen molar-refractivity contribution in [3.63, 3.8) is 0 Å². The van der Waals surface area contributed by atoms with Gasteiger partial charge >= 0.3 is 6.09 Å². The Kier molecular flexibility index (Phi) is 9.80. The number of rotatable bonds is 10. The van der Waals surface area contributed by atoms with Gasteiger partial charge in [-0.3, -0.25) is 4.79 Å². The molecule has 3 saturated carbocycles. The van der Waals surface area contributed by atoms with Crippen molar-refractivity contribution in [1.29, 1.82) is 0 Å². The third-order valence-corrected chi connectivity index (χ3v) is 11.9. The highest BCUT2D eigenvalue weighted by Gasteiger charge is 2.58. The number of fused-ring (bicyclic) bond motifs is 5. The van der Waals surface area contributed by atoms with E-state index in [0.29, 0.717) is 24.9 Å². The Morgan fingerprint density at radius 1 is 1.00 bits per heavy atom. The number of carbonyl (C=O) groups is 2. The van der Waals surface area contributed by atoms with Gasteiger partial charge in [-0.25, -0.2) is 4.79 Å². The minimum absolute atomic E-state index is 0.0265. The Balaban J connectivity index is 1.33. The van der Waals surface area contributed by atoms with Gasteiger partial charge in [0.25, 0.3) is 0 Å². The van der Waals surface area contributed by atoms with E-state index in [1.165, 1.54) is 57.8 Å². The zero-order chi connectivity index (χ0) is 28.4. The molecule has 7 atom stereocenters. The molecule has 222 valence electrons. The van der Waals surface area contributed by atoms with Crippen molar-refractivity contribution >= 4 is 12.0 Å². The van der Waals surface area contributed by atoms with E-state index in [2.05, 4.69) is 33.8 Å². The molecule has 4 aliphatic carbocycles. The van der Waals surface area contributed by atoms with Crippen molar-refractivity contribution in [2.45, 2.75) is 124 Å². The van der Waals surface area contributed by atoms with Crippen LogP contribution < -0.4 is 0 Å². The summed E-state index contributed by atoms with van der Waals surface area (Å²) >= 11 is 0. The lowest BCUT2D eigenvalue weighted by atomic mass is 9.47. The summed E-state index contributed by atoms with van der Waals surface area (Å²) < 4.78 is 6.01. The Hall–Kier alpha value is -1.52. The Morgan fingerprint density at radius 3 is 2.46 bits per heavy atom. The van der Waals surface area contributed by atoms with E-state index in [1.807, 2.05) is 6.92 Å². The lowest BCUT2D eigenvalue weighted by Gasteiger charge is -2.58. The molecule has 4 rings (SSSR count). The summed E-state index contributed by atoms with van der Waals surface area (Å²) in [5.41, 5.74) is 2.39. The number of hydrogen-bond donors (Lipinski definition) is 0. The highest BCUT2D eigenvalue weighted by atomic mass is 16.6. The van der Waals surface area contributed by atoms with Gasteiger partial charge in [0.1, 0.15) is 6.10 Å². The van der Waals surface area contributed by atoms with E-state index >= 15 is 0 Å². The van der Waals surface area contributed by atoms with Crippen LogP contribution in [0.25, 0.3) is 0 Å². The van der Waals surface area contributed by atoms with Gasteiger partial charge in [-0.1, -0.05) is 65.5 Å². The molecule has 39 heavy (non-hydrogen) atoms. The second-order valence-corrected chi connectivity index (χ2v) is 14.6. The molecular formula is C34H58N2O3. The van der Waals surface area contributed by atoms with Crippen LogP contribution in [-0.2, 0) is 9.53 Å². The molecule has 5 heteroatoms. The number of hydrogen-bond acceptors (Lipinski definition) is 3. The monoisotopic (exact) mass is 542 g/mol. The zero-order valence-corrected chi connectivity index (χ0v) is 26.3. The first-order chi connectivity index (χ1) is 18.5. The number of nitrogens with zero attached hydrogens (tertiary/aromatic N) is 2. The molecule has 3 fully saturated rings. The number of ether oxygens (including phenoxy) is 1. The predicted molar refractivity (Wildman–Crippen MR) is 159 cm³/mol. The average Bonchev–Trinajstić information content (AvgIpc) is 3.25. The van der Waals surface area contributed by atoms with Crippen molar-refractivity contribution in [3.8, 4) is 0 Å². The molecule has 0 aromatic heterocycles. The van der Waals surface area contributed by atoms with E-state index in [1.54, 1.807) is 29.5 Å². The van der Waals surface area contributed by atoms with Crippen LogP contribution in [0.4, 0.5) is 4.79 Å². The van der Waals surface area contributed by atoms with Crippen LogP contribution in [0.2, 0.25) is 0 Å². The van der Waals surface area contributed by atoms with Gasteiger partial charge in [0, 0.05) is 40.0 Å². The maximum atomic E-state index is 12.8. The molecule has 0 radical (unpaired) electrons. The maximum absolute atomic E-state index is 12.8. The summed E-state index contributed by atoms with van der Waals surface area (Å²) in [6.07, 6.45) is 18.4. The van der Waals surface area contributed by atoms with Crippen LogP contribution in [0, 0.1) is 40.4 Å². The fourth-order valence-corrected chi connectivity index (χ4v) is 9.27. The highest BCUT2D eigenvalue weighted by molar-refractivity contribution is 5.75. The molecule has 0 heterocycles. The lowest BCUT2D eigenvalue weighted by Crippen LogP contribution is -2.50. The second-order valence-electron chi connectivity index (χ2n) is 14.6. The van der Waals surface area contributed by atoms with Gasteiger partial charge in [-0.2, -0.15) is 0 Å². The number of allylic oxidation sites excluding steroid dienone is 1. The van der Waals surface area contributed by atoms with Gasteiger partial charge in [-0.15, -0.1) is 0 Å². The normalized spacial score (nSPS) is 35.5. The fraction of sp³-hybridized carbons (Fsp3) is 0.882. The van der Waals surface area contributed by atoms with Crippen molar-refractivity contribution in [2.24, 2.45) is 40.4 Å². The molecule has 0 aromatic carbocycles. The van der Waals surface area contributed by atoms with Gasteiger partial charge in [-0.05, 0) is 91.8 Å². The van der Waals surface area contributed by atoms with Crippen LogP contribution in [0.1, 0.15) is 118 Å². The smallest absolute Gasteiger partial charge is 0.409 e. The van der Waals surface area contributed by atoms with Crippen LogP contribution >= 0.6 is 0 Å². The first kappa shape index (κ1) is 30.4. The van der Waals surface area contributed by atoms with E-state index in [9.17, 15) is 9.59 Å². The Bertz CT molecular complexity index is 899. The fourth-order valence-electron chi connectivity index (χ4n) is 9.27. The molecule has 5 nitrogen and oxygen atoms in total. The lowest BCUT2D eigenvalue weighted by molar-refractivity contribution is -0.129. The molecule has 0 bridgehead atoms. The molecule has 0 N–H and O–H groups in total. The SMILES string of the molecule is CCC(=O)N(C)CCN(C)C(=O)OC1CCC2(C)C(=CCC3C2CCC2(C)C(CCCCC(C)C)CCC32)C1. The topological polar surface area (TPSA) is 49.9 Å². The zero-order valence-electron chi connectivity index (χ0n) is 26.3. The highest BCUT2D eigenvalue weighted by Crippen LogP contribution is 2.66. The average molecular weight is 543 g/mol. The summed E-state index contributed by atoms with van der Waals surface area (Å²) in [4.78, 5) is 28.0. The molecule has 7 unspecified atom stereocenters. The number of likely N-dealkylation sites (N-methyl/N-ethyl adjacent to an activating group) is 2. The van der Waals surface area contributed by atoms with Crippen LogP contribution in [0.15, 0.2) is 11.6 Å². The molecule has 0 aromatic rings. The maximum Gasteiger partial charge on any atom is 0.409 e. The minimum Gasteiger partial charge on any atom is -0.446 e. The third-order valence-electron chi connectivity index (χ3n) is 11.9. The van der Waals surface area contributed by atoms with Crippen molar-refractivity contribution in [3.05, 3.63) is 11.6 Å². The summed E-state index contributed by atoms with van der Waals surface area (Å²) in [5.74, 6) is 4.39. The Labute approximate surface area is 239 Å². The summed E-state index contributed by atoms with van der Waals surface area (Å²) in [6.45, 7) is 12.8. The van der Waals surface area contributed by atoms with Crippen molar-refractivity contribution < 1.29 is 14.3 Å². The third kappa shape index (κ3) is 6.38. The summed E-state index contributed by atoms with van der Waals surface area (Å²) in [5, 5.41) is 0. The first-order valence-corrected chi connectivity index (χ1v) is 16.3. The second kappa shape index (κ2) is 12.6. The largest absolute Gasteiger partial charge is 0.446 e. The summed E-state index contributed by atoms with van der Waals surface area (Å²) in [6, 6.07) is 0. The first-order valence-electron chi connectivity index (χ1n) is 16.3. The van der Waals surface area contributed by atoms with E-state index < -0.39 is 0 Å². The van der Waals surface area contributed by atoms with E-state index in [4.69, 9.17) is 4.74 Å². The molecule has 0 saturated heterocycles. The standard InChI is InChI=1S/C34H58N2O3/c1-8-31(37)35(6)21-22-36(7)32(38)39-27-17-19-34(5)26(23-27)13-15-28-29-16-14-25(12-10-9-11-24(2)3)33(29,4)20-18-30(28)34/h13,24-25,27-30H,8-12,14-23H2,1-7H3. The van der Waals surface area contributed by atoms with Gasteiger partial charge in [0.15, 0.2) is 0 Å². The number of unbranched alkanes of at least 4 members (excludes halogenated alkanes) is 1. The van der Waals surface area contributed by atoms with Gasteiger partial charge in [0.05, 0.1) is 0 Å². The van der Waals surface area contributed by atoms with Gasteiger partial charge < -0.3 is 14.5 Å². The molecule has 0 spiro atoms. The van der Waals surface area contributed by atoms with E-state index in [0.717, 1.165) is 48.9 Å². The van der Waals surface area contributed by atoms with Crippen LogP contribution in [-0.4, -0.2) is 55.1 Å². The Morgan fingerprint density at radius 2 is 1.74 bits per heavy atom. The van der Waals surface area contributed by atoms with E-state index in [-0.39, 0.29) is 23.5 Å². The van der Waals surface area contributed by atoms with Crippen molar-refractivity contribution in [1.82, 2.24) is 9.80 Å². The minimum atomic E-state index is -0.255. The van der Waals surface area contributed by atoms with Crippen LogP contribution in [0.5, 0.6) is 0 Å². The predicted octanol–water partition coefficient (Wildman–Crippen LogP) is 8.09.